The molecular weight excluding hydrogens is 330 g/mol. The summed E-state index contributed by atoms with van der Waals surface area (Å²) in [5, 5.41) is 4.27. The van der Waals surface area contributed by atoms with Gasteiger partial charge in [0.15, 0.2) is 0 Å². The molecule has 0 fully saturated rings. The van der Waals surface area contributed by atoms with Crippen molar-refractivity contribution in [1.29, 1.82) is 0 Å². The van der Waals surface area contributed by atoms with Crippen LogP contribution < -0.4 is 0 Å². The minimum Gasteiger partial charge on any atom is -0.468 e. The van der Waals surface area contributed by atoms with Gasteiger partial charge in [-0.15, -0.1) is 0 Å². The van der Waals surface area contributed by atoms with E-state index in [-0.39, 0.29) is 13.1 Å². The first-order chi connectivity index (χ1) is 9.38. The van der Waals surface area contributed by atoms with E-state index < -0.39 is 11.9 Å². The first kappa shape index (κ1) is 16.6. The van der Waals surface area contributed by atoms with Gasteiger partial charge in [0.05, 0.1) is 43.2 Å². The number of aryl methyl sites for hydroxylation is 2. The zero-order valence-electron chi connectivity index (χ0n) is 12.0. The minimum absolute atomic E-state index is 0.00225. The summed E-state index contributed by atoms with van der Waals surface area (Å²) in [5.74, 6) is -0.826. The van der Waals surface area contributed by atoms with Crippen LogP contribution in [0, 0.1) is 6.92 Å². The van der Waals surface area contributed by atoms with Crippen LogP contribution in [0.5, 0.6) is 0 Å². The van der Waals surface area contributed by atoms with E-state index in [4.69, 9.17) is 0 Å². The Bertz CT molecular complexity index is 483. The Hall–Kier alpha value is -1.41. The molecule has 0 aromatic carbocycles. The number of carbonyl (C=O) groups excluding carboxylic acids is 2. The molecule has 0 radical (unpaired) electrons. The van der Waals surface area contributed by atoms with Crippen LogP contribution in [0.4, 0.5) is 0 Å². The van der Waals surface area contributed by atoms with Crippen LogP contribution in [0.3, 0.4) is 0 Å². The lowest BCUT2D eigenvalue weighted by Crippen LogP contribution is -2.35. The summed E-state index contributed by atoms with van der Waals surface area (Å²) < 4.78 is 11.8. The van der Waals surface area contributed by atoms with E-state index in [1.807, 2.05) is 14.0 Å². The molecule has 8 heteroatoms. The molecule has 0 spiro atoms. The number of carbonyl (C=O) groups is 2. The molecule has 0 aliphatic heterocycles. The van der Waals surface area contributed by atoms with Gasteiger partial charge in [-0.1, -0.05) is 0 Å². The fourth-order valence-corrected chi connectivity index (χ4v) is 2.19. The summed E-state index contributed by atoms with van der Waals surface area (Å²) in [6.45, 7) is 2.26. The number of ether oxygens (including phenoxy) is 2. The number of esters is 2. The third-order valence-corrected chi connectivity index (χ3v) is 3.83. The van der Waals surface area contributed by atoms with Gasteiger partial charge in [-0.05, 0) is 22.9 Å². The molecule has 20 heavy (non-hydrogen) atoms. The minimum atomic E-state index is -0.413. The number of aromatic nitrogens is 2. The van der Waals surface area contributed by atoms with Gasteiger partial charge in [0.2, 0.25) is 0 Å². The number of rotatable bonds is 6. The number of nitrogens with zero attached hydrogens (tertiary/aromatic N) is 3. The fourth-order valence-electron chi connectivity index (χ4n) is 1.73. The molecule has 0 aliphatic carbocycles. The summed E-state index contributed by atoms with van der Waals surface area (Å²) in [5.41, 5.74) is 1.72. The molecule has 1 heterocycles. The van der Waals surface area contributed by atoms with Crippen LogP contribution >= 0.6 is 15.9 Å². The van der Waals surface area contributed by atoms with E-state index in [0.717, 1.165) is 15.9 Å². The molecule has 0 bridgehead atoms. The Morgan fingerprint density at radius 2 is 1.75 bits per heavy atom. The lowest BCUT2D eigenvalue weighted by molar-refractivity contribution is -0.145. The van der Waals surface area contributed by atoms with Crippen molar-refractivity contribution < 1.29 is 19.1 Å². The highest BCUT2D eigenvalue weighted by Crippen LogP contribution is 2.21. The average Bonchev–Trinajstić information content (AvgIpc) is 2.64. The van der Waals surface area contributed by atoms with Crippen LogP contribution in [0.15, 0.2) is 4.47 Å². The van der Waals surface area contributed by atoms with E-state index in [9.17, 15) is 9.59 Å². The monoisotopic (exact) mass is 347 g/mol. The van der Waals surface area contributed by atoms with Crippen molar-refractivity contribution in [3.05, 3.63) is 15.9 Å². The van der Waals surface area contributed by atoms with Crippen LogP contribution in [0.25, 0.3) is 0 Å². The maximum Gasteiger partial charge on any atom is 0.319 e. The Morgan fingerprint density at radius 3 is 2.10 bits per heavy atom. The molecule has 1 rings (SSSR count). The molecule has 7 nitrogen and oxygen atoms in total. The quantitative estimate of drug-likeness (QED) is 0.703. The molecule has 0 saturated heterocycles. The number of hydrogen-bond donors (Lipinski definition) is 0. The summed E-state index contributed by atoms with van der Waals surface area (Å²) in [6.07, 6.45) is 0. The van der Waals surface area contributed by atoms with Gasteiger partial charge in [0, 0.05) is 13.6 Å². The summed E-state index contributed by atoms with van der Waals surface area (Å²) in [7, 11) is 4.42. The van der Waals surface area contributed by atoms with Gasteiger partial charge in [-0.25, -0.2) is 0 Å². The van der Waals surface area contributed by atoms with Crippen molar-refractivity contribution in [2.24, 2.45) is 7.05 Å². The first-order valence-electron chi connectivity index (χ1n) is 5.93. The molecule has 0 N–H and O–H groups in total. The molecule has 0 atom stereocenters. The van der Waals surface area contributed by atoms with Gasteiger partial charge in [-0.3, -0.25) is 19.2 Å². The third-order valence-electron chi connectivity index (χ3n) is 2.80. The fraction of sp³-hybridized carbons (Fsp3) is 0.583. The summed E-state index contributed by atoms with van der Waals surface area (Å²) >= 11 is 3.45. The van der Waals surface area contributed by atoms with E-state index >= 15 is 0 Å². The zero-order chi connectivity index (χ0) is 15.3. The Labute approximate surface area is 126 Å². The van der Waals surface area contributed by atoms with Crippen molar-refractivity contribution in [1.82, 2.24) is 14.7 Å². The highest BCUT2D eigenvalue weighted by Gasteiger charge is 2.20. The largest absolute Gasteiger partial charge is 0.468 e. The first-order valence-corrected chi connectivity index (χ1v) is 6.72. The van der Waals surface area contributed by atoms with Gasteiger partial charge in [0.25, 0.3) is 0 Å². The second-order valence-electron chi connectivity index (χ2n) is 4.27. The number of methoxy groups -OCH3 is 2. The second kappa shape index (κ2) is 7.39. The molecule has 112 valence electrons. The van der Waals surface area contributed by atoms with Crippen molar-refractivity contribution in [3.8, 4) is 0 Å². The van der Waals surface area contributed by atoms with E-state index in [1.165, 1.54) is 14.2 Å². The van der Waals surface area contributed by atoms with Crippen LogP contribution in [0.1, 0.15) is 11.4 Å². The average molecular weight is 348 g/mol. The van der Waals surface area contributed by atoms with E-state index in [2.05, 4.69) is 30.5 Å². The standard InChI is InChI=1S/C12H18BrN3O4/c1-8-12(13)9(15(2)14-8)5-16(6-10(17)19-3)7-11(18)20-4/h5-7H2,1-4H3. The smallest absolute Gasteiger partial charge is 0.319 e. The predicted molar refractivity (Wildman–Crippen MR) is 75.0 cm³/mol. The number of hydrogen-bond acceptors (Lipinski definition) is 6. The maximum absolute atomic E-state index is 11.4. The topological polar surface area (TPSA) is 73.7 Å². The van der Waals surface area contributed by atoms with Gasteiger partial charge in [0.1, 0.15) is 0 Å². The third kappa shape index (κ3) is 4.31. The molecule has 0 amide bonds. The van der Waals surface area contributed by atoms with Crippen LogP contribution in [0.2, 0.25) is 0 Å². The Morgan fingerprint density at radius 1 is 1.25 bits per heavy atom. The Balaban J connectivity index is 2.87. The Kier molecular flexibility index (Phi) is 6.15. The van der Waals surface area contributed by atoms with Crippen molar-refractivity contribution in [3.63, 3.8) is 0 Å². The summed E-state index contributed by atoms with van der Waals surface area (Å²) in [4.78, 5) is 24.5. The van der Waals surface area contributed by atoms with Crippen molar-refractivity contribution in [2.45, 2.75) is 13.5 Å². The molecule has 1 aromatic rings. The van der Waals surface area contributed by atoms with Crippen molar-refractivity contribution in [2.75, 3.05) is 27.3 Å². The van der Waals surface area contributed by atoms with E-state index in [0.29, 0.717) is 6.54 Å². The maximum atomic E-state index is 11.4. The molecule has 0 aliphatic rings. The van der Waals surface area contributed by atoms with Crippen LogP contribution in [-0.4, -0.2) is 53.9 Å². The zero-order valence-corrected chi connectivity index (χ0v) is 13.6. The second-order valence-corrected chi connectivity index (χ2v) is 5.06. The number of halogens is 1. The van der Waals surface area contributed by atoms with Gasteiger partial charge < -0.3 is 9.47 Å². The highest BCUT2D eigenvalue weighted by molar-refractivity contribution is 9.10. The summed E-state index contributed by atoms with van der Waals surface area (Å²) in [6, 6.07) is 0. The van der Waals surface area contributed by atoms with Crippen molar-refractivity contribution >= 4 is 27.9 Å². The van der Waals surface area contributed by atoms with E-state index in [1.54, 1.807) is 9.58 Å². The van der Waals surface area contributed by atoms with Gasteiger partial charge in [-0.2, -0.15) is 5.10 Å². The predicted octanol–water partition coefficient (Wildman–Crippen LogP) is 0.639. The molecule has 0 saturated carbocycles. The highest BCUT2D eigenvalue weighted by atomic mass is 79.9. The normalized spacial score (nSPS) is 10.7. The SMILES string of the molecule is COC(=O)CN(CC(=O)OC)Cc1c(Br)c(C)nn1C. The molecular formula is C12H18BrN3O4. The molecule has 0 unspecified atom stereocenters. The van der Waals surface area contributed by atoms with Gasteiger partial charge >= 0.3 is 11.9 Å². The lowest BCUT2D eigenvalue weighted by Gasteiger charge is -2.19. The van der Waals surface area contributed by atoms with Crippen LogP contribution in [-0.2, 0) is 32.7 Å². The molecule has 1 aromatic heterocycles. The lowest BCUT2D eigenvalue weighted by atomic mass is 10.3.